The number of anilines is 2. The maximum Gasteiger partial charge on any atom is 0.180 e. The van der Waals surface area contributed by atoms with E-state index in [-0.39, 0.29) is 0 Å². The third kappa shape index (κ3) is 6.77. The number of nitrogen functional groups attached to an aromatic ring is 2. The van der Waals surface area contributed by atoms with Crippen molar-refractivity contribution in [2.45, 2.75) is 0 Å². The van der Waals surface area contributed by atoms with Crippen molar-refractivity contribution in [2.24, 2.45) is 0 Å². The molecule has 9 rings (SSSR count). The van der Waals surface area contributed by atoms with Crippen LogP contribution in [0.4, 0.5) is 11.6 Å². The summed E-state index contributed by atoms with van der Waals surface area (Å²) >= 11 is 10.7. The molecule has 0 saturated carbocycles. The zero-order valence-electron chi connectivity index (χ0n) is 24.7. The quantitative estimate of drug-likeness (QED) is 0.171. The molecule has 4 N–H and O–H groups in total. The minimum atomic E-state index is 0.487. The van der Waals surface area contributed by atoms with Crippen LogP contribution in [0.3, 0.4) is 0 Å². The Labute approximate surface area is 290 Å². The number of rotatable bonds is 3. The number of aromatic nitrogens is 9. The minimum Gasteiger partial charge on any atom is -0.382 e. The van der Waals surface area contributed by atoms with Crippen molar-refractivity contribution in [1.29, 1.82) is 0 Å². The average Bonchev–Trinajstić information content (AvgIpc) is 3.92. The zero-order chi connectivity index (χ0) is 32.9. The van der Waals surface area contributed by atoms with Gasteiger partial charge in [-0.15, -0.1) is 34.0 Å². The normalized spacial score (nSPS) is 10.8. The lowest BCUT2D eigenvalue weighted by molar-refractivity contribution is 1.18. The van der Waals surface area contributed by atoms with Gasteiger partial charge in [-0.3, -0.25) is 15.0 Å². The Morgan fingerprint density at radius 1 is 0.438 bits per heavy atom. The van der Waals surface area contributed by atoms with Gasteiger partial charge < -0.3 is 11.5 Å². The van der Waals surface area contributed by atoms with Crippen LogP contribution in [-0.2, 0) is 0 Å². The van der Waals surface area contributed by atoms with Gasteiger partial charge in [0.25, 0.3) is 0 Å². The summed E-state index contributed by atoms with van der Waals surface area (Å²) in [6.45, 7) is 0. The molecule has 0 atom stereocenters. The van der Waals surface area contributed by atoms with Gasteiger partial charge in [0, 0.05) is 18.6 Å². The highest BCUT2D eigenvalue weighted by molar-refractivity contribution is 7.18. The molecule has 0 fully saturated rings. The molecule has 48 heavy (non-hydrogen) atoms. The minimum absolute atomic E-state index is 0.487. The molecule has 9 aromatic rings. The number of hydrogen-bond acceptors (Lipinski definition) is 14. The first-order valence-electron chi connectivity index (χ1n) is 14.2. The van der Waals surface area contributed by atoms with E-state index in [0.717, 1.165) is 47.7 Å². The fourth-order valence-electron chi connectivity index (χ4n) is 4.43. The molecule has 9 aromatic heterocycles. The van der Waals surface area contributed by atoms with E-state index in [9.17, 15) is 0 Å². The fraction of sp³-hybridized carbons (Fsp3) is 0. The highest BCUT2D eigenvalue weighted by Crippen LogP contribution is 2.29. The van der Waals surface area contributed by atoms with Gasteiger partial charge in [0.15, 0.2) is 22.6 Å². The number of thiophene rings is 3. The third-order valence-electron chi connectivity index (χ3n) is 6.60. The number of nitrogens with zero attached hydrogens (tertiary/aromatic N) is 9. The largest absolute Gasteiger partial charge is 0.382 e. The van der Waals surface area contributed by atoms with Gasteiger partial charge in [0.2, 0.25) is 0 Å². The number of pyridine rings is 3. The summed E-state index contributed by atoms with van der Waals surface area (Å²) in [7, 11) is 0. The molecule has 0 bridgehead atoms. The molecule has 11 nitrogen and oxygen atoms in total. The molecular formula is C33H22ClN11S3. The summed E-state index contributed by atoms with van der Waals surface area (Å²) in [5.74, 6) is 2.74. The van der Waals surface area contributed by atoms with Crippen LogP contribution in [0.1, 0.15) is 0 Å². The molecule has 0 unspecified atom stereocenters. The molecule has 0 saturated heterocycles. The first kappa shape index (κ1) is 31.1. The second-order valence-corrected chi connectivity index (χ2v) is 12.9. The van der Waals surface area contributed by atoms with Gasteiger partial charge in [0.05, 0.1) is 30.6 Å². The van der Waals surface area contributed by atoms with E-state index >= 15 is 0 Å². The van der Waals surface area contributed by atoms with Gasteiger partial charge in [-0.1, -0.05) is 29.8 Å². The van der Waals surface area contributed by atoms with Crippen molar-refractivity contribution >= 4 is 87.9 Å². The lowest BCUT2D eigenvalue weighted by Crippen LogP contribution is -1.96. The Bertz CT molecular complexity index is 2180. The van der Waals surface area contributed by atoms with E-state index in [1.165, 1.54) is 0 Å². The molecule has 0 spiro atoms. The standard InChI is InChI=1S/C11H6ClN3S.2C11H8N4S/c3*12-10-9-7(4-6-16-9)14-11(15-10)8-3-1-2-5-13-8/h1-6H;2*1-6H,(H2,12,14,15). The predicted molar refractivity (Wildman–Crippen MR) is 196 cm³/mol. The van der Waals surface area contributed by atoms with Gasteiger partial charge in [-0.25, -0.2) is 29.9 Å². The topological polar surface area (TPSA) is 168 Å². The summed E-state index contributed by atoms with van der Waals surface area (Å²) in [4.78, 5) is 38.6. The number of hydrogen-bond donors (Lipinski definition) is 2. The zero-order valence-corrected chi connectivity index (χ0v) is 27.9. The molecule has 0 aliphatic carbocycles. The van der Waals surface area contributed by atoms with Crippen molar-refractivity contribution in [3.05, 3.63) is 113 Å². The van der Waals surface area contributed by atoms with Crippen molar-refractivity contribution in [1.82, 2.24) is 44.9 Å². The summed E-state index contributed by atoms with van der Waals surface area (Å²) < 4.78 is 2.78. The molecule has 0 aliphatic rings. The van der Waals surface area contributed by atoms with E-state index < -0.39 is 0 Å². The van der Waals surface area contributed by atoms with Crippen LogP contribution in [-0.4, -0.2) is 44.9 Å². The smallest absolute Gasteiger partial charge is 0.180 e. The summed E-state index contributed by atoms with van der Waals surface area (Å²) in [6.07, 6.45) is 5.14. The van der Waals surface area contributed by atoms with E-state index in [1.807, 2.05) is 88.9 Å². The molecule has 0 aliphatic heterocycles. The Kier molecular flexibility index (Phi) is 9.11. The van der Waals surface area contributed by atoms with E-state index in [1.54, 1.807) is 52.6 Å². The van der Waals surface area contributed by atoms with Gasteiger partial charge >= 0.3 is 0 Å². The van der Waals surface area contributed by atoms with Crippen LogP contribution in [0.25, 0.3) is 65.2 Å². The van der Waals surface area contributed by atoms with Crippen LogP contribution in [0, 0.1) is 0 Å². The van der Waals surface area contributed by atoms with Gasteiger partial charge in [0.1, 0.15) is 28.7 Å². The van der Waals surface area contributed by atoms with Gasteiger partial charge in [-0.2, -0.15) is 0 Å². The molecule has 0 amide bonds. The monoisotopic (exact) mass is 703 g/mol. The van der Waals surface area contributed by atoms with E-state index in [0.29, 0.717) is 34.3 Å². The van der Waals surface area contributed by atoms with Gasteiger partial charge in [-0.05, 0) is 70.7 Å². The van der Waals surface area contributed by atoms with Crippen molar-refractivity contribution in [2.75, 3.05) is 11.5 Å². The van der Waals surface area contributed by atoms with Crippen molar-refractivity contribution in [3.63, 3.8) is 0 Å². The lowest BCUT2D eigenvalue weighted by atomic mass is 10.3. The highest BCUT2D eigenvalue weighted by Gasteiger charge is 2.11. The lowest BCUT2D eigenvalue weighted by Gasteiger charge is -2.01. The van der Waals surface area contributed by atoms with Crippen LogP contribution in [0.5, 0.6) is 0 Å². The molecular weight excluding hydrogens is 682 g/mol. The Balaban J connectivity index is 0.000000114. The Morgan fingerprint density at radius 2 is 0.812 bits per heavy atom. The number of fused-ring (bicyclic) bond motifs is 3. The first-order valence-corrected chi connectivity index (χ1v) is 17.2. The first-order chi connectivity index (χ1) is 23.5. The van der Waals surface area contributed by atoms with Crippen molar-refractivity contribution < 1.29 is 0 Å². The van der Waals surface area contributed by atoms with Crippen LogP contribution >= 0.6 is 45.6 Å². The molecule has 9 heterocycles. The maximum atomic E-state index is 6.08. The Morgan fingerprint density at radius 3 is 1.21 bits per heavy atom. The predicted octanol–water partition coefficient (Wildman–Crippen LogP) is 8.08. The van der Waals surface area contributed by atoms with Crippen molar-refractivity contribution in [3.8, 4) is 34.6 Å². The third-order valence-corrected chi connectivity index (χ3v) is 9.75. The number of nitrogens with two attached hydrogens (primary N) is 2. The maximum absolute atomic E-state index is 6.08. The second kappa shape index (κ2) is 14.1. The SMILES string of the molecule is Clc1nc(-c2ccccn2)nc2ccsc12.Nc1nc(-c2ccccn2)nc2ccsc12.Nc1nc(-c2ccccn2)nc2ccsc12. The highest BCUT2D eigenvalue weighted by atomic mass is 35.5. The molecule has 15 heteroatoms. The molecule has 234 valence electrons. The fourth-order valence-corrected chi connectivity index (χ4v) is 6.92. The summed E-state index contributed by atoms with van der Waals surface area (Å²) in [5, 5.41) is 6.35. The Hall–Kier alpha value is -5.54. The van der Waals surface area contributed by atoms with Crippen LogP contribution < -0.4 is 11.5 Å². The number of halogens is 1. The average molecular weight is 704 g/mol. The summed E-state index contributed by atoms with van der Waals surface area (Å²) in [5.41, 5.74) is 16.6. The van der Waals surface area contributed by atoms with Crippen LogP contribution in [0.15, 0.2) is 108 Å². The van der Waals surface area contributed by atoms with E-state index in [2.05, 4.69) is 44.9 Å². The molecule has 0 aromatic carbocycles. The second-order valence-electron chi connectivity index (χ2n) is 9.75. The molecule has 0 radical (unpaired) electrons. The summed E-state index contributed by atoms with van der Waals surface area (Å²) in [6, 6.07) is 22.7. The van der Waals surface area contributed by atoms with E-state index in [4.69, 9.17) is 23.1 Å². The van der Waals surface area contributed by atoms with Crippen LogP contribution in [0.2, 0.25) is 5.15 Å².